The number of para-hydroxylation sites is 1. The van der Waals surface area contributed by atoms with Crippen LogP contribution in [-0.2, 0) is 0 Å². The molecule has 0 amide bonds. The normalized spacial score (nSPS) is 12.9. The third-order valence-corrected chi connectivity index (χ3v) is 3.98. The molecule has 0 spiro atoms. The van der Waals surface area contributed by atoms with Gasteiger partial charge in [0, 0.05) is 5.39 Å². The Morgan fingerprint density at radius 1 is 1.08 bits per heavy atom. The zero-order chi connectivity index (χ0) is 19.3. The van der Waals surface area contributed by atoms with E-state index in [2.05, 4.69) is 16.9 Å². The molecule has 0 saturated carbocycles. The molecular weight excluding hydrogens is 322 g/mol. The second kappa shape index (κ2) is 8.56. The summed E-state index contributed by atoms with van der Waals surface area (Å²) in [7, 11) is 0. The summed E-state index contributed by atoms with van der Waals surface area (Å²) in [5, 5.41) is 2.68. The minimum Gasteiger partial charge on any atom is -0.268 e. The number of hydrogen-bond donors (Lipinski definition) is 0. The summed E-state index contributed by atoms with van der Waals surface area (Å²) in [6, 6.07) is 9.75. The summed E-state index contributed by atoms with van der Waals surface area (Å²) in [5.41, 5.74) is 2.20. The third-order valence-electron chi connectivity index (χ3n) is 3.98. The average Bonchev–Trinajstić information content (AvgIpc) is 3.19. The van der Waals surface area contributed by atoms with Crippen LogP contribution in [0.1, 0.15) is 58.3 Å². The number of nitrogens with zero attached hydrogens (tertiary/aromatic N) is 3. The van der Waals surface area contributed by atoms with Gasteiger partial charge in [-0.2, -0.15) is 0 Å². The SMILES string of the molecule is C/C=c1/nc2n(/c1=C/CC)C(=O)c1cc3ccccc3nc1-2.CC.CC. The molecule has 0 radical (unpaired) electrons. The largest absolute Gasteiger partial charge is 0.268 e. The van der Waals surface area contributed by atoms with Gasteiger partial charge in [-0.05, 0) is 25.5 Å². The van der Waals surface area contributed by atoms with Gasteiger partial charge in [-0.25, -0.2) is 9.97 Å². The Morgan fingerprint density at radius 3 is 2.42 bits per heavy atom. The Labute approximate surface area is 154 Å². The zero-order valence-corrected chi connectivity index (χ0v) is 16.5. The monoisotopic (exact) mass is 349 g/mol. The van der Waals surface area contributed by atoms with Crippen LogP contribution in [0.2, 0.25) is 0 Å². The number of hydrogen-bond acceptors (Lipinski definition) is 3. The molecule has 4 nitrogen and oxygen atoms in total. The quantitative estimate of drug-likeness (QED) is 0.519. The Balaban J connectivity index is 0.000000570. The fourth-order valence-electron chi connectivity index (χ4n) is 2.99. The fourth-order valence-corrected chi connectivity index (χ4v) is 2.99. The predicted molar refractivity (Wildman–Crippen MR) is 110 cm³/mol. The van der Waals surface area contributed by atoms with Gasteiger partial charge >= 0.3 is 0 Å². The van der Waals surface area contributed by atoms with Crippen molar-refractivity contribution in [3.8, 4) is 11.5 Å². The number of fused-ring (bicyclic) bond motifs is 4. The lowest BCUT2D eigenvalue weighted by atomic mass is 10.1. The lowest BCUT2D eigenvalue weighted by Crippen LogP contribution is -2.32. The summed E-state index contributed by atoms with van der Waals surface area (Å²) in [4.78, 5) is 22.1. The Hall–Kier alpha value is -2.75. The smallest absolute Gasteiger partial charge is 0.266 e. The average molecular weight is 349 g/mol. The van der Waals surface area contributed by atoms with Gasteiger partial charge < -0.3 is 0 Å². The molecule has 1 aliphatic heterocycles. The van der Waals surface area contributed by atoms with Crippen molar-refractivity contribution >= 4 is 29.0 Å². The van der Waals surface area contributed by atoms with Crippen LogP contribution in [0.5, 0.6) is 0 Å². The van der Waals surface area contributed by atoms with Crippen LogP contribution in [0.25, 0.3) is 34.6 Å². The van der Waals surface area contributed by atoms with Crippen molar-refractivity contribution in [2.45, 2.75) is 48.0 Å². The maximum absolute atomic E-state index is 12.8. The highest BCUT2D eigenvalue weighted by Crippen LogP contribution is 2.29. The molecule has 0 bridgehead atoms. The molecule has 136 valence electrons. The van der Waals surface area contributed by atoms with Gasteiger partial charge in [-0.3, -0.25) is 9.36 Å². The highest BCUT2D eigenvalue weighted by Gasteiger charge is 2.30. The van der Waals surface area contributed by atoms with E-state index in [4.69, 9.17) is 0 Å². The van der Waals surface area contributed by atoms with Gasteiger partial charge in [0.2, 0.25) is 0 Å². The lowest BCUT2D eigenvalue weighted by molar-refractivity contribution is 0.0966. The minimum atomic E-state index is -0.0384. The summed E-state index contributed by atoms with van der Waals surface area (Å²) < 4.78 is 1.69. The molecule has 2 aromatic heterocycles. The molecule has 0 atom stereocenters. The van der Waals surface area contributed by atoms with E-state index in [1.54, 1.807) is 4.57 Å². The summed E-state index contributed by atoms with van der Waals surface area (Å²) in [6.45, 7) is 12.0. The topological polar surface area (TPSA) is 47.8 Å². The van der Waals surface area contributed by atoms with E-state index in [0.29, 0.717) is 17.1 Å². The van der Waals surface area contributed by atoms with Crippen molar-refractivity contribution in [2.75, 3.05) is 0 Å². The van der Waals surface area contributed by atoms with Gasteiger partial charge in [0.15, 0.2) is 5.82 Å². The predicted octanol–water partition coefficient (Wildman–Crippen LogP) is 4.14. The highest BCUT2D eigenvalue weighted by atomic mass is 16.2. The molecule has 4 heteroatoms. The second-order valence-electron chi connectivity index (χ2n) is 5.32. The number of carbonyl (C=O) groups excluding carboxylic acids is 1. The molecule has 4 rings (SSSR count). The van der Waals surface area contributed by atoms with Crippen molar-refractivity contribution in [1.82, 2.24) is 14.5 Å². The number of benzene rings is 1. The number of imidazole rings is 1. The molecule has 1 aliphatic rings. The van der Waals surface area contributed by atoms with E-state index in [1.165, 1.54) is 0 Å². The van der Waals surface area contributed by atoms with Crippen LogP contribution >= 0.6 is 0 Å². The first-order valence-electron chi connectivity index (χ1n) is 9.44. The minimum absolute atomic E-state index is 0.0384. The molecule has 3 heterocycles. The molecular formula is C22H27N3O. The molecule has 0 fully saturated rings. The van der Waals surface area contributed by atoms with Crippen LogP contribution in [0, 0.1) is 0 Å². The van der Waals surface area contributed by atoms with Crippen molar-refractivity contribution in [3.63, 3.8) is 0 Å². The van der Waals surface area contributed by atoms with Gasteiger partial charge in [-0.15, -0.1) is 0 Å². The number of aromatic nitrogens is 3. The number of carbonyl (C=O) groups is 1. The Kier molecular flexibility index (Phi) is 6.45. The first-order valence-corrected chi connectivity index (χ1v) is 9.44. The van der Waals surface area contributed by atoms with E-state index in [-0.39, 0.29) is 5.91 Å². The Bertz CT molecular complexity index is 1050. The van der Waals surface area contributed by atoms with Gasteiger partial charge in [0.25, 0.3) is 5.91 Å². The van der Waals surface area contributed by atoms with Crippen LogP contribution in [0.3, 0.4) is 0 Å². The fraction of sp³-hybridized carbons (Fsp3) is 0.318. The summed E-state index contributed by atoms with van der Waals surface area (Å²) in [5.74, 6) is 0.613. The number of pyridine rings is 1. The number of rotatable bonds is 1. The highest BCUT2D eigenvalue weighted by molar-refractivity contribution is 6.09. The standard InChI is InChI=1S/C18H15N3O.2C2H6/c1-3-7-15-13(4-2)20-17-16-12(18(22)21(15)17)10-11-8-5-6-9-14(11)19-16;2*1-2/h4-10H,3H2,1-2H3;2*1-2H3/b13-4+,15-7+;;. The van der Waals surface area contributed by atoms with Crippen LogP contribution in [-0.4, -0.2) is 20.4 Å². The van der Waals surface area contributed by atoms with E-state index < -0.39 is 0 Å². The third kappa shape index (κ3) is 3.07. The van der Waals surface area contributed by atoms with Crippen molar-refractivity contribution in [3.05, 3.63) is 46.6 Å². The molecule has 1 aromatic carbocycles. The molecule has 0 saturated heterocycles. The van der Waals surface area contributed by atoms with Gasteiger partial charge in [-0.1, -0.05) is 65.0 Å². The van der Waals surface area contributed by atoms with Crippen LogP contribution in [0.15, 0.2) is 30.3 Å². The maximum atomic E-state index is 12.8. The zero-order valence-electron chi connectivity index (χ0n) is 16.5. The van der Waals surface area contributed by atoms with E-state index in [0.717, 1.165) is 28.0 Å². The van der Waals surface area contributed by atoms with Crippen LogP contribution < -0.4 is 10.7 Å². The lowest BCUT2D eigenvalue weighted by Gasteiger charge is -2.00. The van der Waals surface area contributed by atoms with E-state index in [1.807, 2.05) is 77.1 Å². The summed E-state index contributed by atoms with van der Waals surface area (Å²) in [6.07, 6.45) is 4.82. The van der Waals surface area contributed by atoms with Crippen LogP contribution in [0.4, 0.5) is 0 Å². The van der Waals surface area contributed by atoms with Crippen molar-refractivity contribution < 1.29 is 4.79 Å². The maximum Gasteiger partial charge on any atom is 0.266 e. The van der Waals surface area contributed by atoms with E-state index >= 15 is 0 Å². The molecule has 3 aromatic rings. The van der Waals surface area contributed by atoms with Gasteiger partial charge in [0.05, 0.1) is 21.8 Å². The molecule has 26 heavy (non-hydrogen) atoms. The first-order chi connectivity index (χ1) is 12.7. The van der Waals surface area contributed by atoms with Crippen molar-refractivity contribution in [2.24, 2.45) is 0 Å². The molecule has 0 N–H and O–H groups in total. The second-order valence-corrected chi connectivity index (χ2v) is 5.32. The summed E-state index contributed by atoms with van der Waals surface area (Å²) >= 11 is 0. The molecule has 0 unspecified atom stereocenters. The molecule has 0 aliphatic carbocycles. The Morgan fingerprint density at radius 2 is 1.77 bits per heavy atom. The first kappa shape index (κ1) is 19.6. The van der Waals surface area contributed by atoms with Crippen molar-refractivity contribution in [1.29, 1.82) is 0 Å². The van der Waals surface area contributed by atoms with Gasteiger partial charge in [0.1, 0.15) is 5.69 Å². The van der Waals surface area contributed by atoms with E-state index in [9.17, 15) is 4.79 Å².